The first-order valence-corrected chi connectivity index (χ1v) is 8.03. The maximum Gasteiger partial charge on any atom is 0.269 e. The van der Waals surface area contributed by atoms with Gasteiger partial charge in [0.15, 0.2) is 11.5 Å². The Kier molecular flexibility index (Phi) is 6.31. The minimum atomic E-state index is -0.465. The fourth-order valence-electron chi connectivity index (χ4n) is 2.09. The number of halogens is 1. The summed E-state index contributed by atoms with van der Waals surface area (Å²) in [7, 11) is 1.48. The molecule has 0 unspecified atom stereocenters. The molecule has 2 aromatic rings. The molecule has 0 aliphatic carbocycles. The van der Waals surface area contributed by atoms with Crippen LogP contribution >= 0.6 is 15.9 Å². The van der Waals surface area contributed by atoms with Crippen molar-refractivity contribution in [1.29, 1.82) is 10.5 Å². The fourth-order valence-corrected chi connectivity index (χ4v) is 2.66. The molecule has 0 heterocycles. The van der Waals surface area contributed by atoms with Crippen LogP contribution in [0.3, 0.4) is 0 Å². The number of ether oxygens (including phenoxy) is 2. The van der Waals surface area contributed by atoms with Gasteiger partial charge in [0.2, 0.25) is 0 Å². The average molecular weight is 414 g/mol. The largest absolute Gasteiger partial charge is 0.493 e. The zero-order valence-corrected chi connectivity index (χ0v) is 15.2. The minimum Gasteiger partial charge on any atom is -0.493 e. The molecular formula is C18H12BrN3O4. The molecule has 0 spiro atoms. The summed E-state index contributed by atoms with van der Waals surface area (Å²) in [6.45, 7) is 0.184. The van der Waals surface area contributed by atoms with Gasteiger partial charge in [0.1, 0.15) is 24.3 Å². The number of non-ortho nitro benzene ring substituents is 1. The number of hydrogen-bond donors (Lipinski definition) is 0. The lowest BCUT2D eigenvalue weighted by atomic mass is 10.1. The third-order valence-electron chi connectivity index (χ3n) is 3.33. The van der Waals surface area contributed by atoms with Crippen molar-refractivity contribution in [2.75, 3.05) is 7.11 Å². The smallest absolute Gasteiger partial charge is 0.269 e. The van der Waals surface area contributed by atoms with Crippen LogP contribution in [0.5, 0.6) is 11.5 Å². The monoisotopic (exact) mass is 413 g/mol. The molecular weight excluding hydrogens is 402 g/mol. The van der Waals surface area contributed by atoms with Gasteiger partial charge >= 0.3 is 0 Å². The van der Waals surface area contributed by atoms with E-state index in [4.69, 9.17) is 20.0 Å². The molecule has 0 atom stereocenters. The second kappa shape index (κ2) is 8.65. The van der Waals surface area contributed by atoms with Crippen LogP contribution in [0.2, 0.25) is 0 Å². The fraction of sp³-hybridized carbons (Fsp3) is 0.111. The van der Waals surface area contributed by atoms with Gasteiger partial charge in [-0.15, -0.1) is 0 Å². The number of nitriles is 2. The molecule has 0 N–H and O–H groups in total. The van der Waals surface area contributed by atoms with E-state index in [-0.39, 0.29) is 17.9 Å². The molecule has 7 nitrogen and oxygen atoms in total. The highest BCUT2D eigenvalue weighted by atomic mass is 79.9. The maximum absolute atomic E-state index is 10.7. The SMILES string of the molecule is COc1cc(C=C(C#N)C#N)cc(Br)c1OCc1ccc([N+](=O)[O-])cc1. The van der Waals surface area contributed by atoms with E-state index < -0.39 is 4.92 Å². The number of nitro groups is 1. The van der Waals surface area contributed by atoms with Gasteiger partial charge in [-0.3, -0.25) is 10.1 Å². The molecule has 0 saturated heterocycles. The van der Waals surface area contributed by atoms with E-state index in [2.05, 4.69) is 15.9 Å². The third kappa shape index (κ3) is 4.59. The summed E-state index contributed by atoms with van der Waals surface area (Å²) in [5.74, 6) is 0.862. The van der Waals surface area contributed by atoms with Crippen LogP contribution in [-0.2, 0) is 6.61 Å². The first-order valence-electron chi connectivity index (χ1n) is 7.24. The summed E-state index contributed by atoms with van der Waals surface area (Å²) in [6, 6.07) is 13.0. The van der Waals surface area contributed by atoms with E-state index in [1.54, 1.807) is 36.4 Å². The highest BCUT2D eigenvalue weighted by molar-refractivity contribution is 9.10. The van der Waals surface area contributed by atoms with Gasteiger partial charge in [0, 0.05) is 12.1 Å². The van der Waals surface area contributed by atoms with Crippen molar-refractivity contribution in [2.24, 2.45) is 0 Å². The molecule has 2 aromatic carbocycles. The number of nitro benzene ring substituents is 1. The minimum absolute atomic E-state index is 0.00874. The van der Waals surface area contributed by atoms with Crippen LogP contribution in [0.4, 0.5) is 5.69 Å². The summed E-state index contributed by atoms with van der Waals surface area (Å²) in [4.78, 5) is 10.2. The lowest BCUT2D eigenvalue weighted by Gasteiger charge is -2.13. The summed E-state index contributed by atoms with van der Waals surface area (Å²) >= 11 is 3.39. The Bertz CT molecular complexity index is 925. The molecule has 0 fully saturated rings. The molecule has 0 bridgehead atoms. The number of rotatable bonds is 6. The molecule has 130 valence electrons. The van der Waals surface area contributed by atoms with Crippen molar-refractivity contribution in [3.63, 3.8) is 0 Å². The van der Waals surface area contributed by atoms with Crippen LogP contribution in [0, 0.1) is 32.8 Å². The molecule has 0 amide bonds. The van der Waals surface area contributed by atoms with Gasteiger partial charge in [0.25, 0.3) is 5.69 Å². The third-order valence-corrected chi connectivity index (χ3v) is 3.92. The van der Waals surface area contributed by atoms with E-state index >= 15 is 0 Å². The number of methoxy groups -OCH3 is 1. The molecule has 0 radical (unpaired) electrons. The van der Waals surface area contributed by atoms with Crippen LogP contribution in [-0.4, -0.2) is 12.0 Å². The molecule has 26 heavy (non-hydrogen) atoms. The quantitative estimate of drug-likeness (QED) is 0.394. The summed E-state index contributed by atoms with van der Waals surface area (Å²) in [5, 5.41) is 28.4. The zero-order chi connectivity index (χ0) is 19.1. The molecule has 8 heteroatoms. The number of benzene rings is 2. The van der Waals surface area contributed by atoms with Gasteiger partial charge in [-0.05, 0) is 57.4 Å². The topological polar surface area (TPSA) is 109 Å². The van der Waals surface area contributed by atoms with Crippen LogP contribution in [0.25, 0.3) is 6.08 Å². The Balaban J connectivity index is 2.24. The Labute approximate surface area is 158 Å². The van der Waals surface area contributed by atoms with E-state index in [9.17, 15) is 10.1 Å². The Hall–Kier alpha value is -3.36. The average Bonchev–Trinajstić information content (AvgIpc) is 2.65. The first kappa shape index (κ1) is 19.0. The van der Waals surface area contributed by atoms with E-state index in [1.165, 1.54) is 25.3 Å². The van der Waals surface area contributed by atoms with Gasteiger partial charge < -0.3 is 9.47 Å². The van der Waals surface area contributed by atoms with Crippen molar-refractivity contribution in [3.8, 4) is 23.6 Å². The maximum atomic E-state index is 10.7. The van der Waals surface area contributed by atoms with Crippen molar-refractivity contribution < 1.29 is 14.4 Å². The molecule has 0 aliphatic heterocycles. The van der Waals surface area contributed by atoms with Gasteiger partial charge in [-0.1, -0.05) is 0 Å². The molecule has 2 rings (SSSR count). The van der Waals surface area contributed by atoms with E-state index in [0.29, 0.717) is 21.5 Å². The molecule has 0 saturated carbocycles. The van der Waals surface area contributed by atoms with Gasteiger partial charge in [-0.25, -0.2) is 0 Å². The van der Waals surface area contributed by atoms with E-state index in [1.807, 2.05) is 0 Å². The van der Waals surface area contributed by atoms with Gasteiger partial charge in [-0.2, -0.15) is 10.5 Å². The lowest BCUT2D eigenvalue weighted by molar-refractivity contribution is -0.384. The van der Waals surface area contributed by atoms with Crippen molar-refractivity contribution in [3.05, 3.63) is 67.7 Å². The standard InChI is InChI=1S/C18H12BrN3O4/c1-25-17-8-13(6-14(9-20)10-21)7-16(19)18(17)26-11-12-2-4-15(5-3-12)22(23)24/h2-8H,11H2,1H3. The van der Waals surface area contributed by atoms with Crippen LogP contribution < -0.4 is 9.47 Å². The Morgan fingerprint density at radius 3 is 2.46 bits per heavy atom. The zero-order valence-electron chi connectivity index (χ0n) is 13.6. The first-order chi connectivity index (χ1) is 12.5. The lowest BCUT2D eigenvalue weighted by Crippen LogP contribution is -1.99. The Morgan fingerprint density at radius 2 is 1.92 bits per heavy atom. The second-order valence-corrected chi connectivity index (χ2v) is 5.88. The summed E-state index contributed by atoms with van der Waals surface area (Å²) < 4.78 is 11.7. The van der Waals surface area contributed by atoms with Crippen LogP contribution in [0.1, 0.15) is 11.1 Å². The second-order valence-electron chi connectivity index (χ2n) is 5.03. The van der Waals surface area contributed by atoms with E-state index in [0.717, 1.165) is 5.56 Å². The number of allylic oxidation sites excluding steroid dienone is 1. The molecule has 0 aliphatic rings. The predicted molar refractivity (Wildman–Crippen MR) is 97.3 cm³/mol. The highest BCUT2D eigenvalue weighted by Gasteiger charge is 2.12. The number of hydrogen-bond acceptors (Lipinski definition) is 6. The van der Waals surface area contributed by atoms with Crippen molar-refractivity contribution >= 4 is 27.7 Å². The van der Waals surface area contributed by atoms with Crippen molar-refractivity contribution in [1.82, 2.24) is 0 Å². The number of nitrogens with zero attached hydrogens (tertiary/aromatic N) is 3. The predicted octanol–water partition coefficient (Wildman–Crippen LogP) is 4.38. The Morgan fingerprint density at radius 1 is 1.27 bits per heavy atom. The summed E-state index contributed by atoms with van der Waals surface area (Å²) in [6.07, 6.45) is 1.44. The summed E-state index contributed by atoms with van der Waals surface area (Å²) in [5.41, 5.74) is 1.34. The normalized spacial score (nSPS) is 9.54. The van der Waals surface area contributed by atoms with Crippen molar-refractivity contribution in [2.45, 2.75) is 6.61 Å². The van der Waals surface area contributed by atoms with Crippen LogP contribution in [0.15, 0.2) is 46.4 Å². The van der Waals surface area contributed by atoms with Gasteiger partial charge in [0.05, 0.1) is 16.5 Å². The molecule has 0 aromatic heterocycles. The highest BCUT2D eigenvalue weighted by Crippen LogP contribution is 2.37.